The van der Waals surface area contributed by atoms with Crippen LogP contribution in [0.1, 0.15) is 85.0 Å². The van der Waals surface area contributed by atoms with Crippen molar-refractivity contribution in [2.75, 3.05) is 6.54 Å². The van der Waals surface area contributed by atoms with E-state index in [1.54, 1.807) is 6.92 Å². The van der Waals surface area contributed by atoms with Crippen LogP contribution in [0.2, 0.25) is 0 Å². The number of H-pyrrole nitrogens is 1. The van der Waals surface area contributed by atoms with Gasteiger partial charge in [0.25, 0.3) is 0 Å². The number of carbonyl (C=O) groups is 2. The van der Waals surface area contributed by atoms with Gasteiger partial charge in [-0.3, -0.25) is 9.59 Å². The maximum Gasteiger partial charge on any atom is 0.243 e. The average Bonchev–Trinajstić information content (AvgIpc) is 3.32. The first-order valence-electron chi connectivity index (χ1n) is 13.4. The van der Waals surface area contributed by atoms with Crippen LogP contribution in [-0.4, -0.2) is 45.3 Å². The number of piperidine rings is 1. The number of likely N-dealkylation sites (tertiary alicyclic amines) is 1. The van der Waals surface area contributed by atoms with E-state index >= 15 is 0 Å². The van der Waals surface area contributed by atoms with E-state index in [4.69, 9.17) is 0 Å². The molecule has 0 unspecified atom stereocenters. The van der Waals surface area contributed by atoms with Gasteiger partial charge in [-0.1, -0.05) is 27.4 Å². The third-order valence-corrected chi connectivity index (χ3v) is 6.99. The average molecular weight is 530 g/mol. The van der Waals surface area contributed by atoms with Gasteiger partial charge in [0, 0.05) is 42.8 Å². The summed E-state index contributed by atoms with van der Waals surface area (Å²) in [7, 11) is 0. The van der Waals surface area contributed by atoms with Gasteiger partial charge in [0.05, 0.1) is 17.9 Å². The first-order valence-corrected chi connectivity index (χ1v) is 13.4. The highest BCUT2D eigenvalue weighted by Gasteiger charge is 2.28. The van der Waals surface area contributed by atoms with Crippen LogP contribution in [0.3, 0.4) is 0 Å². The Balaban J connectivity index is 1.71. The van der Waals surface area contributed by atoms with Crippen LogP contribution in [-0.2, 0) is 9.59 Å². The summed E-state index contributed by atoms with van der Waals surface area (Å²) in [5, 5.41) is 5.84. The lowest BCUT2D eigenvalue weighted by atomic mass is 9.90. The topological polar surface area (TPSA) is 90.1 Å². The van der Waals surface area contributed by atoms with Crippen LogP contribution in [0.25, 0.3) is 11.3 Å². The molecule has 2 amide bonds. The molecule has 3 atom stereocenters. The summed E-state index contributed by atoms with van der Waals surface area (Å²) in [5.74, 6) is -1.49. The normalized spacial score (nSPS) is 17.6. The Morgan fingerprint density at radius 1 is 1.24 bits per heavy atom. The van der Waals surface area contributed by atoms with Gasteiger partial charge in [-0.25, -0.2) is 13.8 Å². The standard InChI is InChI=1S/C29H41F2N5O2/c1-18-9-7-8-14-36(18)19(2)15-24(34-26(37)12-13-29(4,5)6)28(38)33-20(3)27-32-17-25(35-27)22-11-10-21(30)16-23(22)31/h10-11,16-18,20,24H,2,7-9,12-15H2,1,3-6H3,(H,32,35)(H,33,38)(H,34,37)/t18-,20-,24-/m0/s1. The zero-order valence-electron chi connectivity index (χ0n) is 23.2. The first kappa shape index (κ1) is 29.3. The molecule has 0 saturated carbocycles. The number of nitrogens with one attached hydrogen (secondary N) is 3. The first-order chi connectivity index (χ1) is 17.8. The third-order valence-electron chi connectivity index (χ3n) is 6.99. The molecule has 7 nitrogen and oxygen atoms in total. The molecular formula is C29H41F2N5O2. The molecule has 3 rings (SSSR count). The van der Waals surface area contributed by atoms with E-state index in [2.05, 4.69) is 59.8 Å². The van der Waals surface area contributed by atoms with Crippen LogP contribution in [0.15, 0.2) is 36.7 Å². The Kier molecular flexibility index (Phi) is 9.68. The van der Waals surface area contributed by atoms with Gasteiger partial charge in [-0.15, -0.1) is 0 Å². The second-order valence-corrected chi connectivity index (χ2v) is 11.5. The van der Waals surface area contributed by atoms with Gasteiger partial charge >= 0.3 is 0 Å². The molecule has 1 fully saturated rings. The molecule has 0 spiro atoms. The molecule has 1 saturated heterocycles. The highest BCUT2D eigenvalue weighted by atomic mass is 19.1. The summed E-state index contributed by atoms with van der Waals surface area (Å²) in [6.45, 7) is 15.3. The van der Waals surface area contributed by atoms with E-state index in [1.807, 2.05) is 0 Å². The van der Waals surface area contributed by atoms with Crippen molar-refractivity contribution in [2.24, 2.45) is 5.41 Å². The van der Waals surface area contributed by atoms with Gasteiger partial charge in [0.2, 0.25) is 11.8 Å². The molecule has 0 aliphatic carbocycles. The van der Waals surface area contributed by atoms with E-state index in [0.29, 0.717) is 36.8 Å². The SMILES string of the molecule is C=C(C[C@H](NC(=O)CCC(C)(C)C)C(=O)N[C@@H](C)c1ncc(-c2ccc(F)cc2F)[nH]1)N1CCCC[C@@H]1C. The summed E-state index contributed by atoms with van der Waals surface area (Å²) in [6, 6.07) is 2.31. The zero-order valence-corrected chi connectivity index (χ0v) is 23.2. The highest BCUT2D eigenvalue weighted by molar-refractivity contribution is 5.88. The summed E-state index contributed by atoms with van der Waals surface area (Å²) in [6.07, 6.45) is 6.07. The lowest BCUT2D eigenvalue weighted by molar-refractivity contribution is -0.129. The maximum absolute atomic E-state index is 14.2. The molecule has 2 heterocycles. The fourth-order valence-electron chi connectivity index (χ4n) is 4.67. The van der Waals surface area contributed by atoms with E-state index in [1.165, 1.54) is 24.8 Å². The second kappa shape index (κ2) is 12.5. The molecule has 208 valence electrons. The molecule has 1 aromatic heterocycles. The lowest BCUT2D eigenvalue weighted by Crippen LogP contribution is -2.49. The number of aromatic amines is 1. The Morgan fingerprint density at radius 3 is 2.63 bits per heavy atom. The van der Waals surface area contributed by atoms with Gasteiger partial charge in [0.1, 0.15) is 23.5 Å². The number of rotatable bonds is 10. The molecule has 1 aliphatic rings. The number of imidazole rings is 1. The summed E-state index contributed by atoms with van der Waals surface area (Å²) >= 11 is 0. The van der Waals surface area contributed by atoms with Crippen molar-refractivity contribution in [3.05, 3.63) is 54.1 Å². The molecule has 1 aliphatic heterocycles. The fourth-order valence-corrected chi connectivity index (χ4v) is 4.67. The number of hydrogen-bond acceptors (Lipinski definition) is 4. The number of amides is 2. The van der Waals surface area contributed by atoms with Crippen LogP contribution >= 0.6 is 0 Å². The molecule has 3 N–H and O–H groups in total. The Bertz CT molecular complexity index is 1140. The minimum atomic E-state index is -0.796. The predicted octanol–water partition coefficient (Wildman–Crippen LogP) is 5.62. The van der Waals surface area contributed by atoms with E-state index in [0.717, 1.165) is 31.1 Å². The molecule has 9 heteroatoms. The van der Waals surface area contributed by atoms with Crippen molar-refractivity contribution in [1.29, 1.82) is 0 Å². The Hall–Kier alpha value is -3.23. The van der Waals surface area contributed by atoms with Crippen LogP contribution < -0.4 is 10.6 Å². The molecule has 1 aromatic carbocycles. The minimum Gasteiger partial charge on any atom is -0.373 e. The van der Waals surface area contributed by atoms with Gasteiger partial charge < -0.3 is 20.5 Å². The number of aromatic nitrogens is 2. The second-order valence-electron chi connectivity index (χ2n) is 11.5. The summed E-state index contributed by atoms with van der Waals surface area (Å²) in [4.78, 5) is 35.7. The lowest BCUT2D eigenvalue weighted by Gasteiger charge is -2.37. The molecular weight excluding hydrogens is 488 g/mol. The number of carbonyl (C=O) groups excluding carboxylic acids is 2. The van der Waals surface area contributed by atoms with Crippen LogP contribution in [0.4, 0.5) is 8.78 Å². The van der Waals surface area contributed by atoms with Crippen molar-refractivity contribution in [3.63, 3.8) is 0 Å². The fraction of sp³-hybridized carbons (Fsp3) is 0.552. The Morgan fingerprint density at radius 2 is 1.97 bits per heavy atom. The van der Waals surface area contributed by atoms with E-state index in [9.17, 15) is 18.4 Å². The highest BCUT2D eigenvalue weighted by Crippen LogP contribution is 2.25. The Labute approximate surface area is 224 Å². The summed E-state index contributed by atoms with van der Waals surface area (Å²) in [5.41, 5.74) is 1.38. The number of nitrogens with zero attached hydrogens (tertiary/aromatic N) is 2. The van der Waals surface area contributed by atoms with Crippen LogP contribution in [0, 0.1) is 17.0 Å². The molecule has 38 heavy (non-hydrogen) atoms. The monoisotopic (exact) mass is 529 g/mol. The quantitative estimate of drug-likeness (QED) is 0.373. The zero-order chi connectivity index (χ0) is 28.0. The largest absolute Gasteiger partial charge is 0.373 e. The van der Waals surface area contributed by atoms with Crippen molar-refractivity contribution in [2.45, 2.75) is 91.3 Å². The van der Waals surface area contributed by atoms with Crippen molar-refractivity contribution in [3.8, 4) is 11.3 Å². The van der Waals surface area contributed by atoms with Gasteiger partial charge in [-0.2, -0.15) is 0 Å². The maximum atomic E-state index is 14.2. The van der Waals surface area contributed by atoms with Crippen molar-refractivity contribution < 1.29 is 18.4 Å². The number of halogens is 2. The van der Waals surface area contributed by atoms with E-state index in [-0.39, 0.29) is 22.8 Å². The van der Waals surface area contributed by atoms with Crippen molar-refractivity contribution >= 4 is 11.8 Å². The summed E-state index contributed by atoms with van der Waals surface area (Å²) < 4.78 is 27.5. The van der Waals surface area contributed by atoms with Crippen molar-refractivity contribution in [1.82, 2.24) is 25.5 Å². The molecule has 0 radical (unpaired) electrons. The molecule has 0 bridgehead atoms. The number of benzene rings is 1. The smallest absolute Gasteiger partial charge is 0.243 e. The van der Waals surface area contributed by atoms with Gasteiger partial charge in [-0.05, 0) is 57.1 Å². The number of hydrogen-bond donors (Lipinski definition) is 3. The minimum absolute atomic E-state index is 0.00255. The predicted molar refractivity (Wildman–Crippen MR) is 145 cm³/mol. The third kappa shape index (κ3) is 8.13. The van der Waals surface area contributed by atoms with Crippen LogP contribution in [0.5, 0.6) is 0 Å². The van der Waals surface area contributed by atoms with Gasteiger partial charge in [0.15, 0.2) is 0 Å². The molecule has 2 aromatic rings. The van der Waals surface area contributed by atoms with E-state index < -0.39 is 23.7 Å².